The standard InChI is InChI=1S/C25H42/c1-18(2)8-7-10-20-12-14-22-21-13-11-19-9-5-6-16-24(19,3)23(21)15-17-25(20,22)4/h8,19-23H,5-7,9-17H2,1-4H3. The van der Waals surface area contributed by atoms with Crippen LogP contribution in [0.1, 0.15) is 105 Å². The van der Waals surface area contributed by atoms with Gasteiger partial charge < -0.3 is 0 Å². The van der Waals surface area contributed by atoms with Gasteiger partial charge in [-0.05, 0) is 118 Å². The summed E-state index contributed by atoms with van der Waals surface area (Å²) in [6, 6.07) is 0. The molecule has 0 bridgehead atoms. The van der Waals surface area contributed by atoms with E-state index in [2.05, 4.69) is 33.8 Å². The normalized spacial score (nSPS) is 49.0. The highest BCUT2D eigenvalue weighted by molar-refractivity contribution is 5.09. The molecule has 7 unspecified atom stereocenters. The van der Waals surface area contributed by atoms with Gasteiger partial charge in [-0.3, -0.25) is 0 Å². The summed E-state index contributed by atoms with van der Waals surface area (Å²) in [7, 11) is 0. The van der Waals surface area contributed by atoms with Crippen molar-refractivity contribution >= 4 is 0 Å². The Labute approximate surface area is 157 Å². The van der Waals surface area contributed by atoms with Gasteiger partial charge in [0.1, 0.15) is 0 Å². The maximum atomic E-state index is 2.72. The molecular weight excluding hydrogens is 300 g/mol. The van der Waals surface area contributed by atoms with Gasteiger partial charge in [0.15, 0.2) is 0 Å². The lowest BCUT2D eigenvalue weighted by Crippen LogP contribution is -2.52. The first-order valence-corrected chi connectivity index (χ1v) is 11.6. The number of allylic oxidation sites excluding steroid dienone is 2. The Morgan fingerprint density at radius 2 is 1.64 bits per heavy atom. The molecule has 7 atom stereocenters. The fraction of sp³-hybridized carbons (Fsp3) is 0.920. The summed E-state index contributed by atoms with van der Waals surface area (Å²) >= 11 is 0. The van der Waals surface area contributed by atoms with Crippen LogP contribution in [0.4, 0.5) is 0 Å². The summed E-state index contributed by atoms with van der Waals surface area (Å²) in [4.78, 5) is 0. The lowest BCUT2D eigenvalue weighted by molar-refractivity contribution is -0.111. The van der Waals surface area contributed by atoms with Crippen molar-refractivity contribution in [3.63, 3.8) is 0 Å². The van der Waals surface area contributed by atoms with Gasteiger partial charge in [-0.1, -0.05) is 38.3 Å². The zero-order valence-electron chi connectivity index (χ0n) is 17.4. The number of hydrogen-bond donors (Lipinski definition) is 0. The smallest absolute Gasteiger partial charge is 0.0266 e. The SMILES string of the molecule is CC(C)=CCCC1CCC2C3CCC4CCCCC4(C)C3CCC12C. The van der Waals surface area contributed by atoms with Crippen LogP contribution in [0.3, 0.4) is 0 Å². The molecule has 4 rings (SSSR count). The quantitative estimate of drug-likeness (QED) is 0.459. The molecule has 0 N–H and O–H groups in total. The second-order valence-electron chi connectivity index (χ2n) is 11.1. The molecule has 0 aliphatic heterocycles. The first-order chi connectivity index (χ1) is 11.9. The van der Waals surface area contributed by atoms with Gasteiger partial charge in [0.2, 0.25) is 0 Å². The zero-order valence-corrected chi connectivity index (χ0v) is 17.4. The predicted octanol–water partition coefficient (Wildman–Crippen LogP) is 7.78. The van der Waals surface area contributed by atoms with E-state index >= 15 is 0 Å². The molecular formula is C25H42. The van der Waals surface area contributed by atoms with Crippen molar-refractivity contribution in [1.82, 2.24) is 0 Å². The van der Waals surface area contributed by atoms with E-state index in [1.807, 2.05) is 0 Å². The van der Waals surface area contributed by atoms with Crippen molar-refractivity contribution < 1.29 is 0 Å². The number of fused-ring (bicyclic) bond motifs is 5. The van der Waals surface area contributed by atoms with E-state index in [0.717, 1.165) is 29.6 Å². The minimum Gasteiger partial charge on any atom is -0.0859 e. The minimum atomic E-state index is 0.675. The van der Waals surface area contributed by atoms with Crippen LogP contribution in [0.5, 0.6) is 0 Å². The molecule has 0 heterocycles. The molecule has 4 fully saturated rings. The molecule has 0 saturated heterocycles. The van der Waals surface area contributed by atoms with Crippen molar-refractivity contribution in [3.05, 3.63) is 11.6 Å². The minimum absolute atomic E-state index is 0.675. The fourth-order valence-corrected chi connectivity index (χ4v) is 8.45. The van der Waals surface area contributed by atoms with E-state index in [-0.39, 0.29) is 0 Å². The Balaban J connectivity index is 1.50. The third-order valence-electron chi connectivity index (χ3n) is 9.85. The van der Waals surface area contributed by atoms with Crippen LogP contribution in [-0.2, 0) is 0 Å². The van der Waals surface area contributed by atoms with Gasteiger partial charge >= 0.3 is 0 Å². The molecule has 0 aromatic carbocycles. The van der Waals surface area contributed by atoms with Crippen LogP contribution >= 0.6 is 0 Å². The first-order valence-electron chi connectivity index (χ1n) is 11.6. The molecule has 0 heteroatoms. The molecule has 4 aliphatic rings. The van der Waals surface area contributed by atoms with Crippen molar-refractivity contribution in [2.45, 2.75) is 105 Å². The van der Waals surface area contributed by atoms with Gasteiger partial charge in [0.25, 0.3) is 0 Å². The van der Waals surface area contributed by atoms with Gasteiger partial charge in [-0.15, -0.1) is 0 Å². The van der Waals surface area contributed by atoms with E-state index in [1.54, 1.807) is 44.9 Å². The van der Waals surface area contributed by atoms with Crippen LogP contribution < -0.4 is 0 Å². The molecule has 0 amide bonds. The molecule has 0 aromatic rings. The van der Waals surface area contributed by atoms with Crippen LogP contribution in [0.2, 0.25) is 0 Å². The highest BCUT2D eigenvalue weighted by atomic mass is 14.6. The largest absolute Gasteiger partial charge is 0.0859 e. The summed E-state index contributed by atoms with van der Waals surface area (Å²) in [5.74, 6) is 5.28. The lowest BCUT2D eigenvalue weighted by Gasteiger charge is -2.60. The summed E-state index contributed by atoms with van der Waals surface area (Å²) < 4.78 is 0. The third kappa shape index (κ3) is 2.94. The third-order valence-corrected chi connectivity index (χ3v) is 9.85. The summed E-state index contributed by atoms with van der Waals surface area (Å²) in [5.41, 5.74) is 2.89. The fourth-order valence-electron chi connectivity index (χ4n) is 8.45. The van der Waals surface area contributed by atoms with Gasteiger partial charge in [0.05, 0.1) is 0 Å². The zero-order chi connectivity index (χ0) is 17.7. The average Bonchev–Trinajstić information content (AvgIpc) is 2.91. The molecule has 142 valence electrons. The average molecular weight is 343 g/mol. The molecule has 0 radical (unpaired) electrons. The van der Waals surface area contributed by atoms with Crippen LogP contribution in [0.25, 0.3) is 0 Å². The Hall–Kier alpha value is -0.260. The molecule has 0 spiro atoms. The molecule has 25 heavy (non-hydrogen) atoms. The summed E-state index contributed by atoms with van der Waals surface area (Å²) in [6.07, 6.45) is 20.7. The Morgan fingerprint density at radius 3 is 2.44 bits per heavy atom. The number of hydrogen-bond acceptors (Lipinski definition) is 0. The Kier molecular flexibility index (Phi) is 4.87. The van der Waals surface area contributed by atoms with E-state index in [0.29, 0.717) is 10.8 Å². The highest BCUT2D eigenvalue weighted by Crippen LogP contribution is 2.67. The molecule has 0 nitrogen and oxygen atoms in total. The van der Waals surface area contributed by atoms with E-state index in [4.69, 9.17) is 0 Å². The van der Waals surface area contributed by atoms with Crippen molar-refractivity contribution in [3.8, 4) is 0 Å². The van der Waals surface area contributed by atoms with Crippen LogP contribution in [0, 0.1) is 40.4 Å². The van der Waals surface area contributed by atoms with Crippen LogP contribution in [-0.4, -0.2) is 0 Å². The predicted molar refractivity (Wildman–Crippen MR) is 108 cm³/mol. The van der Waals surface area contributed by atoms with Crippen LogP contribution in [0.15, 0.2) is 11.6 Å². The lowest BCUT2D eigenvalue weighted by atomic mass is 9.45. The van der Waals surface area contributed by atoms with Crippen molar-refractivity contribution in [2.75, 3.05) is 0 Å². The topological polar surface area (TPSA) is 0 Å². The molecule has 4 aliphatic carbocycles. The van der Waals surface area contributed by atoms with E-state index in [1.165, 1.54) is 37.7 Å². The Morgan fingerprint density at radius 1 is 0.840 bits per heavy atom. The maximum Gasteiger partial charge on any atom is -0.0266 e. The van der Waals surface area contributed by atoms with Gasteiger partial charge in [-0.25, -0.2) is 0 Å². The maximum absolute atomic E-state index is 2.72. The summed E-state index contributed by atoms with van der Waals surface area (Å²) in [5, 5.41) is 0. The first kappa shape index (κ1) is 18.1. The summed E-state index contributed by atoms with van der Waals surface area (Å²) in [6.45, 7) is 9.95. The monoisotopic (exact) mass is 342 g/mol. The van der Waals surface area contributed by atoms with Crippen molar-refractivity contribution in [2.24, 2.45) is 40.4 Å². The second kappa shape index (κ2) is 6.72. The highest BCUT2D eigenvalue weighted by Gasteiger charge is 2.59. The van der Waals surface area contributed by atoms with Gasteiger partial charge in [-0.2, -0.15) is 0 Å². The van der Waals surface area contributed by atoms with E-state index in [9.17, 15) is 0 Å². The van der Waals surface area contributed by atoms with Gasteiger partial charge in [0, 0.05) is 0 Å². The molecule has 4 saturated carbocycles. The Bertz CT molecular complexity index is 512. The molecule has 0 aromatic heterocycles. The van der Waals surface area contributed by atoms with Crippen molar-refractivity contribution in [1.29, 1.82) is 0 Å². The number of rotatable bonds is 3. The van der Waals surface area contributed by atoms with E-state index < -0.39 is 0 Å². The second-order valence-corrected chi connectivity index (χ2v) is 11.1.